The van der Waals surface area contributed by atoms with E-state index in [1.54, 1.807) is 25.1 Å². The van der Waals surface area contributed by atoms with Gasteiger partial charge in [-0.05, 0) is 16.7 Å². The molecule has 11 nitrogen and oxygen atoms in total. The van der Waals surface area contributed by atoms with E-state index in [2.05, 4.69) is 0 Å². The van der Waals surface area contributed by atoms with Crippen molar-refractivity contribution in [2.75, 3.05) is 13.2 Å². The van der Waals surface area contributed by atoms with Crippen LogP contribution in [0.25, 0.3) is 0 Å². The van der Waals surface area contributed by atoms with E-state index in [1.165, 1.54) is 6.07 Å². The van der Waals surface area contributed by atoms with Gasteiger partial charge in [0.25, 0.3) is 5.69 Å². The van der Waals surface area contributed by atoms with Crippen LogP contribution >= 0.6 is 0 Å². The van der Waals surface area contributed by atoms with Crippen LogP contribution in [0.2, 0.25) is 0 Å². The summed E-state index contributed by atoms with van der Waals surface area (Å²) in [6.07, 6.45) is -6.00. The summed E-state index contributed by atoms with van der Waals surface area (Å²) in [6, 6.07) is 34.9. The number of para-hydroxylation sites is 1. The maximum atomic E-state index is 12.7. The van der Waals surface area contributed by atoms with Gasteiger partial charge in [-0.25, -0.2) is 4.79 Å². The minimum Gasteiger partial charge on any atom is -0.434 e. The predicted molar refractivity (Wildman–Crippen MR) is 175 cm³/mol. The Morgan fingerprint density at radius 2 is 1.21 bits per heavy atom. The number of carbonyl (C=O) groups is 1. The van der Waals surface area contributed by atoms with Gasteiger partial charge in [0.05, 0.1) is 24.7 Å². The van der Waals surface area contributed by atoms with Crippen LogP contribution in [0, 0.1) is 10.1 Å². The van der Waals surface area contributed by atoms with Crippen molar-refractivity contribution in [3.05, 3.63) is 148 Å². The monoisotopic (exact) mass is 657 g/mol. The van der Waals surface area contributed by atoms with Gasteiger partial charge < -0.3 is 33.5 Å². The molecule has 1 N–H and O–H groups in total. The third-order valence-corrected chi connectivity index (χ3v) is 7.95. The van der Waals surface area contributed by atoms with Gasteiger partial charge in [0.1, 0.15) is 37.6 Å². The van der Waals surface area contributed by atoms with Gasteiger partial charge in [0, 0.05) is 17.5 Å². The maximum Gasteiger partial charge on any atom is 0.508 e. The Morgan fingerprint density at radius 3 is 1.75 bits per heavy atom. The standard InChI is InChI=1S/C37H39NO10/c1-26(30-19-11-12-20-31(30)38(41)42)21-46-37(40)47-25-32-33(43-22-27-13-5-2-6-14-27)34(44-23-28-15-7-3-8-16-28)35(36(39)48-32)45-24-29-17-9-4-10-18-29/h2-20,26,32-36,39H,21-25H2,1H3/t26?,32-,33-,34+,35-,36+/m1/s1. The minimum atomic E-state index is -1.44. The van der Waals surface area contributed by atoms with Gasteiger partial charge in [0.2, 0.25) is 0 Å². The molecule has 0 aliphatic carbocycles. The Hall–Kier alpha value is -4.65. The van der Waals surface area contributed by atoms with Crippen molar-refractivity contribution in [3.8, 4) is 0 Å². The van der Waals surface area contributed by atoms with Crippen molar-refractivity contribution in [1.29, 1.82) is 0 Å². The van der Waals surface area contributed by atoms with Gasteiger partial charge in [0.15, 0.2) is 6.29 Å². The third-order valence-electron chi connectivity index (χ3n) is 7.95. The quantitative estimate of drug-likeness (QED) is 0.0878. The fraction of sp³-hybridized carbons (Fsp3) is 0.324. The molecule has 0 radical (unpaired) electrons. The highest BCUT2D eigenvalue weighted by molar-refractivity contribution is 5.60. The Labute approximate surface area is 279 Å². The summed E-state index contributed by atoms with van der Waals surface area (Å²) in [7, 11) is 0. The Kier molecular flexibility index (Phi) is 12.6. The molecule has 1 heterocycles. The first-order valence-corrected chi connectivity index (χ1v) is 15.7. The predicted octanol–water partition coefficient (Wildman–Crippen LogP) is 6.32. The average molecular weight is 658 g/mol. The van der Waals surface area contributed by atoms with Crippen LogP contribution in [0.1, 0.15) is 35.1 Å². The topological polar surface area (TPSA) is 136 Å². The van der Waals surface area contributed by atoms with Gasteiger partial charge in [-0.3, -0.25) is 10.1 Å². The summed E-state index contributed by atoms with van der Waals surface area (Å²) in [6.45, 7) is 1.82. The first-order chi connectivity index (χ1) is 23.4. The molecule has 4 aromatic rings. The van der Waals surface area contributed by atoms with E-state index in [-0.39, 0.29) is 38.7 Å². The van der Waals surface area contributed by atoms with E-state index in [0.29, 0.717) is 5.56 Å². The molecule has 5 rings (SSSR count). The van der Waals surface area contributed by atoms with Crippen LogP contribution in [0.3, 0.4) is 0 Å². The Morgan fingerprint density at radius 1 is 0.729 bits per heavy atom. The molecule has 252 valence electrons. The molecular formula is C37H39NO10. The van der Waals surface area contributed by atoms with E-state index in [4.69, 9.17) is 28.4 Å². The van der Waals surface area contributed by atoms with Gasteiger partial charge in [-0.2, -0.15) is 0 Å². The summed E-state index contributed by atoms with van der Waals surface area (Å²) in [5, 5.41) is 22.7. The van der Waals surface area contributed by atoms with Crippen molar-refractivity contribution in [2.45, 2.75) is 63.4 Å². The molecule has 1 unspecified atom stereocenters. The maximum absolute atomic E-state index is 12.7. The molecule has 1 saturated heterocycles. The van der Waals surface area contributed by atoms with Crippen LogP contribution in [0.5, 0.6) is 0 Å². The molecule has 1 aliphatic heterocycles. The highest BCUT2D eigenvalue weighted by atomic mass is 16.7. The van der Waals surface area contributed by atoms with Crippen molar-refractivity contribution >= 4 is 11.8 Å². The molecule has 0 spiro atoms. The first kappa shape index (κ1) is 34.7. The highest BCUT2D eigenvalue weighted by Crippen LogP contribution is 2.30. The number of nitro benzene ring substituents is 1. The number of benzene rings is 4. The number of hydrogen-bond acceptors (Lipinski definition) is 10. The summed E-state index contributed by atoms with van der Waals surface area (Å²) < 4.78 is 35.8. The smallest absolute Gasteiger partial charge is 0.434 e. The van der Waals surface area contributed by atoms with Gasteiger partial charge >= 0.3 is 6.16 Å². The van der Waals surface area contributed by atoms with Crippen molar-refractivity contribution in [3.63, 3.8) is 0 Å². The van der Waals surface area contributed by atoms with E-state index in [0.717, 1.165) is 16.7 Å². The SMILES string of the molecule is CC(COC(=O)OC[C@H]1O[C@H](O)[C@H](OCc2ccccc2)[C@@H](OCc2ccccc2)[C@@H]1OCc1ccccc1)c1ccccc1[N+](=O)[O-]. The molecule has 4 aromatic carbocycles. The lowest BCUT2D eigenvalue weighted by Crippen LogP contribution is -2.61. The molecule has 0 aromatic heterocycles. The van der Waals surface area contributed by atoms with Crippen LogP contribution < -0.4 is 0 Å². The normalized spacial score (nSPS) is 21.2. The van der Waals surface area contributed by atoms with E-state index in [1.807, 2.05) is 91.0 Å². The second-order valence-corrected chi connectivity index (χ2v) is 11.4. The molecule has 1 aliphatic rings. The zero-order valence-corrected chi connectivity index (χ0v) is 26.5. The fourth-order valence-corrected chi connectivity index (χ4v) is 5.44. The lowest BCUT2D eigenvalue weighted by molar-refractivity contribution is -0.385. The summed E-state index contributed by atoms with van der Waals surface area (Å²) >= 11 is 0. The number of hydrogen-bond donors (Lipinski definition) is 1. The number of ether oxygens (including phenoxy) is 6. The Bertz CT molecular complexity index is 1570. The molecule has 1 fully saturated rings. The molecule has 6 atom stereocenters. The number of carbonyl (C=O) groups excluding carboxylic acids is 1. The zero-order valence-electron chi connectivity index (χ0n) is 26.5. The number of rotatable bonds is 15. The third kappa shape index (κ3) is 9.69. The fourth-order valence-electron chi connectivity index (χ4n) is 5.44. The molecule has 0 amide bonds. The number of nitro groups is 1. The Balaban J connectivity index is 1.30. The molecule has 11 heteroatoms. The summed E-state index contributed by atoms with van der Waals surface area (Å²) in [5.41, 5.74) is 3.08. The highest BCUT2D eigenvalue weighted by Gasteiger charge is 2.48. The summed E-state index contributed by atoms with van der Waals surface area (Å²) in [5.74, 6) is -0.466. The lowest BCUT2D eigenvalue weighted by atomic mass is 9.98. The number of nitrogens with zero attached hydrogens (tertiary/aromatic N) is 1. The second kappa shape index (κ2) is 17.5. The van der Waals surface area contributed by atoms with Crippen molar-refractivity contribution < 1.29 is 43.2 Å². The minimum absolute atomic E-state index is 0.0597. The van der Waals surface area contributed by atoms with Crippen molar-refractivity contribution in [2.24, 2.45) is 0 Å². The molecule has 0 bridgehead atoms. The summed E-state index contributed by atoms with van der Waals surface area (Å²) in [4.78, 5) is 23.7. The van der Waals surface area contributed by atoms with E-state index < -0.39 is 47.7 Å². The van der Waals surface area contributed by atoms with Crippen LogP contribution in [0.15, 0.2) is 115 Å². The lowest BCUT2D eigenvalue weighted by Gasteiger charge is -2.44. The first-order valence-electron chi connectivity index (χ1n) is 15.7. The average Bonchev–Trinajstić information content (AvgIpc) is 3.12. The van der Waals surface area contributed by atoms with E-state index >= 15 is 0 Å². The molecule has 48 heavy (non-hydrogen) atoms. The van der Waals surface area contributed by atoms with Gasteiger partial charge in [-0.1, -0.05) is 116 Å². The second-order valence-electron chi connectivity index (χ2n) is 11.4. The molecular weight excluding hydrogens is 618 g/mol. The number of aliphatic hydroxyl groups excluding tert-OH is 1. The van der Waals surface area contributed by atoms with Crippen molar-refractivity contribution in [1.82, 2.24) is 0 Å². The molecule has 0 saturated carbocycles. The van der Waals surface area contributed by atoms with Crippen LogP contribution in [-0.4, -0.2) is 60.1 Å². The largest absolute Gasteiger partial charge is 0.508 e. The van der Waals surface area contributed by atoms with Gasteiger partial charge in [-0.15, -0.1) is 0 Å². The zero-order chi connectivity index (χ0) is 33.7. The number of aliphatic hydroxyl groups is 1. The van der Waals surface area contributed by atoms with E-state index in [9.17, 15) is 20.0 Å². The van der Waals surface area contributed by atoms with Crippen LogP contribution in [-0.2, 0) is 48.2 Å². The van der Waals surface area contributed by atoms with Crippen LogP contribution in [0.4, 0.5) is 10.5 Å².